The van der Waals surface area contributed by atoms with E-state index in [0.29, 0.717) is 12.5 Å². The molecule has 1 rings (SSSR count). The van der Waals surface area contributed by atoms with Crippen LogP contribution in [0.25, 0.3) is 0 Å². The van der Waals surface area contributed by atoms with E-state index in [1.807, 2.05) is 0 Å². The quantitative estimate of drug-likeness (QED) is 0.602. The minimum atomic E-state index is 0.0950. The summed E-state index contributed by atoms with van der Waals surface area (Å²) in [5.41, 5.74) is 6.14. The number of hydrogen-bond donors (Lipinski definition) is 2. The topological polar surface area (TPSA) is 58.7 Å². The van der Waals surface area contributed by atoms with Crippen LogP contribution in [0.2, 0.25) is 0 Å². The number of nitrogens with two attached hydrogens (primary N) is 1. The number of methoxy groups -OCH3 is 1. The Morgan fingerprint density at radius 1 is 1.53 bits per heavy atom. The number of nitrogens with zero attached hydrogens (tertiary/aromatic N) is 1. The molecule has 3 N–H and O–H groups in total. The molecule has 0 heterocycles. The van der Waals surface area contributed by atoms with Crippen molar-refractivity contribution in [3.8, 4) is 0 Å². The van der Waals surface area contributed by atoms with Gasteiger partial charge in [-0.2, -0.15) is 0 Å². The molecule has 0 aromatic rings. The summed E-state index contributed by atoms with van der Waals surface area (Å²) >= 11 is 0. The number of aliphatic hydroxyl groups is 1. The normalized spacial score (nSPS) is 20.6. The van der Waals surface area contributed by atoms with Crippen LogP contribution in [-0.4, -0.2) is 55.5 Å². The maximum absolute atomic E-state index is 9.41. The van der Waals surface area contributed by atoms with Crippen molar-refractivity contribution < 1.29 is 9.84 Å². The number of aliphatic hydroxyl groups excluding tert-OH is 1. The number of hydrogen-bond acceptors (Lipinski definition) is 4. The summed E-state index contributed by atoms with van der Waals surface area (Å²) in [6, 6.07) is 0.212. The second kappa shape index (κ2) is 6.43. The van der Waals surface area contributed by atoms with E-state index >= 15 is 0 Å². The summed E-state index contributed by atoms with van der Waals surface area (Å²) in [7, 11) is 1.70. The fourth-order valence-electron chi connectivity index (χ4n) is 2.04. The third-order valence-electron chi connectivity index (χ3n) is 3.26. The van der Waals surface area contributed by atoms with Crippen molar-refractivity contribution >= 4 is 0 Å². The van der Waals surface area contributed by atoms with Gasteiger partial charge in [0.1, 0.15) is 0 Å². The van der Waals surface area contributed by atoms with Gasteiger partial charge in [0, 0.05) is 25.7 Å². The fraction of sp³-hybridized carbons (Fsp3) is 1.00. The summed E-state index contributed by atoms with van der Waals surface area (Å²) in [4.78, 5) is 2.21. The van der Waals surface area contributed by atoms with E-state index in [4.69, 9.17) is 10.5 Å². The molecule has 1 aliphatic rings. The summed E-state index contributed by atoms with van der Waals surface area (Å²) in [6.45, 7) is 4.70. The van der Waals surface area contributed by atoms with E-state index in [2.05, 4.69) is 11.8 Å². The zero-order valence-corrected chi connectivity index (χ0v) is 9.85. The van der Waals surface area contributed by atoms with Crippen LogP contribution in [-0.2, 0) is 4.74 Å². The molecular formula is C11H24N2O2. The maximum atomic E-state index is 9.41. The van der Waals surface area contributed by atoms with Gasteiger partial charge >= 0.3 is 0 Å². The van der Waals surface area contributed by atoms with Gasteiger partial charge in [-0.1, -0.05) is 6.92 Å². The van der Waals surface area contributed by atoms with Gasteiger partial charge in [0.2, 0.25) is 0 Å². The number of ether oxygens (including phenoxy) is 1. The Morgan fingerprint density at radius 2 is 2.20 bits per heavy atom. The van der Waals surface area contributed by atoms with Crippen LogP contribution in [0.4, 0.5) is 0 Å². The lowest BCUT2D eigenvalue weighted by atomic mass is 10.0. The smallest absolute Gasteiger partial charge is 0.0602 e. The van der Waals surface area contributed by atoms with E-state index in [1.54, 1.807) is 7.11 Å². The first-order valence-corrected chi connectivity index (χ1v) is 5.84. The molecule has 0 amide bonds. The second-order valence-corrected chi connectivity index (χ2v) is 4.29. The largest absolute Gasteiger partial charge is 0.395 e. The molecule has 15 heavy (non-hydrogen) atoms. The van der Waals surface area contributed by atoms with Crippen molar-refractivity contribution in [2.45, 2.75) is 31.8 Å². The Morgan fingerprint density at radius 3 is 2.60 bits per heavy atom. The first-order valence-electron chi connectivity index (χ1n) is 5.84. The molecule has 0 spiro atoms. The van der Waals surface area contributed by atoms with Gasteiger partial charge in [-0.15, -0.1) is 0 Å². The van der Waals surface area contributed by atoms with Crippen LogP contribution in [0.15, 0.2) is 0 Å². The van der Waals surface area contributed by atoms with Crippen LogP contribution >= 0.6 is 0 Å². The molecule has 0 bridgehead atoms. The Balaban J connectivity index is 2.44. The third kappa shape index (κ3) is 3.72. The monoisotopic (exact) mass is 216 g/mol. The van der Waals surface area contributed by atoms with Crippen LogP contribution in [0, 0.1) is 5.92 Å². The van der Waals surface area contributed by atoms with E-state index in [-0.39, 0.29) is 18.7 Å². The van der Waals surface area contributed by atoms with Gasteiger partial charge in [-0.3, -0.25) is 4.90 Å². The van der Waals surface area contributed by atoms with Gasteiger partial charge in [-0.25, -0.2) is 0 Å². The van der Waals surface area contributed by atoms with Crippen LogP contribution in [0.1, 0.15) is 19.8 Å². The predicted molar refractivity (Wildman–Crippen MR) is 60.7 cm³/mol. The molecule has 0 aromatic carbocycles. The molecule has 0 radical (unpaired) electrons. The van der Waals surface area contributed by atoms with Gasteiger partial charge < -0.3 is 15.6 Å². The Hall–Kier alpha value is -0.160. The molecule has 0 aromatic heterocycles. The highest BCUT2D eigenvalue weighted by molar-refractivity contribution is 4.92. The van der Waals surface area contributed by atoms with Crippen molar-refractivity contribution in [2.75, 3.05) is 33.4 Å². The van der Waals surface area contributed by atoms with Gasteiger partial charge in [-0.05, 0) is 25.3 Å². The molecule has 0 saturated heterocycles. The molecule has 1 fully saturated rings. The van der Waals surface area contributed by atoms with Gasteiger partial charge in [0.15, 0.2) is 0 Å². The van der Waals surface area contributed by atoms with Crippen molar-refractivity contribution in [3.05, 3.63) is 0 Å². The highest BCUT2D eigenvalue weighted by atomic mass is 16.5. The lowest BCUT2D eigenvalue weighted by molar-refractivity contribution is 0.0737. The van der Waals surface area contributed by atoms with E-state index in [9.17, 15) is 5.11 Å². The van der Waals surface area contributed by atoms with E-state index in [1.165, 1.54) is 12.8 Å². The van der Waals surface area contributed by atoms with Crippen LogP contribution in [0.3, 0.4) is 0 Å². The Labute approximate surface area is 92.4 Å². The van der Waals surface area contributed by atoms with Crippen molar-refractivity contribution in [2.24, 2.45) is 11.7 Å². The average molecular weight is 216 g/mol. The summed E-state index contributed by atoms with van der Waals surface area (Å²) < 4.78 is 5.06. The molecule has 2 unspecified atom stereocenters. The minimum absolute atomic E-state index is 0.0950. The molecular weight excluding hydrogens is 192 g/mol. The lowest BCUT2D eigenvalue weighted by Crippen LogP contribution is -2.52. The van der Waals surface area contributed by atoms with Crippen LogP contribution < -0.4 is 5.73 Å². The van der Waals surface area contributed by atoms with Gasteiger partial charge in [0.25, 0.3) is 0 Å². The van der Waals surface area contributed by atoms with E-state index in [0.717, 1.165) is 13.1 Å². The molecule has 4 nitrogen and oxygen atoms in total. The van der Waals surface area contributed by atoms with Crippen molar-refractivity contribution in [1.82, 2.24) is 4.90 Å². The molecule has 2 atom stereocenters. The number of likely N-dealkylation sites (N-methyl/N-ethyl adjacent to an activating group) is 1. The third-order valence-corrected chi connectivity index (χ3v) is 3.26. The maximum Gasteiger partial charge on any atom is 0.0602 e. The second-order valence-electron chi connectivity index (χ2n) is 4.29. The van der Waals surface area contributed by atoms with Gasteiger partial charge in [0.05, 0.1) is 13.2 Å². The molecule has 1 aliphatic carbocycles. The van der Waals surface area contributed by atoms with Crippen molar-refractivity contribution in [3.63, 3.8) is 0 Å². The zero-order valence-electron chi connectivity index (χ0n) is 9.85. The zero-order chi connectivity index (χ0) is 11.3. The van der Waals surface area contributed by atoms with E-state index < -0.39 is 0 Å². The highest BCUT2D eigenvalue weighted by Gasteiger charge is 2.35. The predicted octanol–water partition coefficient (Wildman–Crippen LogP) is 0.0529. The SMILES string of the molecule is CCN(CCOC)C(CO)C(N)C1CC1. The first kappa shape index (κ1) is 12.9. The summed E-state index contributed by atoms with van der Waals surface area (Å²) in [5, 5.41) is 9.41. The standard InChI is InChI=1S/C11H24N2O2/c1-3-13(6-7-15-2)10(8-14)11(12)9-4-5-9/h9-11,14H,3-8,12H2,1-2H3. The molecule has 4 heteroatoms. The number of rotatable bonds is 8. The Kier molecular flexibility index (Phi) is 5.53. The van der Waals surface area contributed by atoms with Crippen molar-refractivity contribution in [1.29, 1.82) is 0 Å². The summed E-state index contributed by atoms with van der Waals surface area (Å²) in [5.74, 6) is 0.624. The molecule has 90 valence electrons. The highest BCUT2D eigenvalue weighted by Crippen LogP contribution is 2.33. The molecule has 1 saturated carbocycles. The average Bonchev–Trinajstić information content (AvgIpc) is 3.07. The fourth-order valence-corrected chi connectivity index (χ4v) is 2.04. The summed E-state index contributed by atoms with van der Waals surface area (Å²) in [6.07, 6.45) is 2.44. The first-order chi connectivity index (χ1) is 7.24. The lowest BCUT2D eigenvalue weighted by Gasteiger charge is -2.33. The molecule has 0 aliphatic heterocycles. The van der Waals surface area contributed by atoms with Crippen LogP contribution in [0.5, 0.6) is 0 Å². The minimum Gasteiger partial charge on any atom is -0.395 e. The Bertz CT molecular complexity index is 174.